The number of alkyl halides is 1. The molecule has 3 rings (SSSR count). The van der Waals surface area contributed by atoms with Crippen LogP contribution in [0.4, 0.5) is 0 Å². The van der Waals surface area contributed by atoms with E-state index in [2.05, 4.69) is 17.6 Å². The van der Waals surface area contributed by atoms with E-state index >= 15 is 0 Å². The zero-order chi connectivity index (χ0) is 25.0. The number of hydrogen-bond acceptors (Lipinski definition) is 3. The lowest BCUT2D eigenvalue weighted by atomic mass is 10.2. The third-order valence-electron chi connectivity index (χ3n) is 5.91. The Morgan fingerprint density at radius 3 is 2.40 bits per heavy atom. The maximum Gasteiger partial charge on any atom is 0.242 e. The highest BCUT2D eigenvalue weighted by molar-refractivity contribution is 6.27. The third-order valence-corrected chi connectivity index (χ3v) is 6.14. The second-order valence-corrected chi connectivity index (χ2v) is 8.78. The summed E-state index contributed by atoms with van der Waals surface area (Å²) >= 11 is 5.82. The predicted octanol–water partition coefficient (Wildman–Crippen LogP) is 4.94. The number of carbonyl (C=O) groups excluding carboxylic acids is 2. The highest BCUT2D eigenvalue weighted by Gasteiger charge is 2.22. The van der Waals surface area contributed by atoms with E-state index in [1.807, 2.05) is 71.8 Å². The molecule has 6 nitrogen and oxygen atoms in total. The van der Waals surface area contributed by atoms with E-state index in [0.29, 0.717) is 26.2 Å². The Kier molecular flexibility index (Phi) is 10.2. The highest BCUT2D eigenvalue weighted by Crippen LogP contribution is 2.17. The minimum atomic E-state index is -0.213. The van der Waals surface area contributed by atoms with Gasteiger partial charge in [-0.15, -0.1) is 11.6 Å². The van der Waals surface area contributed by atoms with Crippen LogP contribution < -0.4 is 4.74 Å². The molecule has 186 valence electrons. The number of nitrogens with zero attached hydrogens (tertiary/aromatic N) is 3. The van der Waals surface area contributed by atoms with E-state index < -0.39 is 0 Å². The van der Waals surface area contributed by atoms with Crippen molar-refractivity contribution in [2.45, 2.75) is 39.4 Å². The molecule has 1 aromatic heterocycles. The zero-order valence-electron chi connectivity index (χ0n) is 20.5. The number of amides is 2. The Bertz CT molecular complexity index is 1080. The first-order valence-corrected chi connectivity index (χ1v) is 12.5. The zero-order valence-corrected chi connectivity index (χ0v) is 21.3. The van der Waals surface area contributed by atoms with Gasteiger partial charge >= 0.3 is 0 Å². The van der Waals surface area contributed by atoms with Crippen molar-refractivity contribution in [1.29, 1.82) is 0 Å². The molecule has 0 aliphatic carbocycles. The van der Waals surface area contributed by atoms with Gasteiger partial charge in [-0.25, -0.2) is 0 Å². The van der Waals surface area contributed by atoms with Gasteiger partial charge in [-0.1, -0.05) is 55.8 Å². The van der Waals surface area contributed by atoms with Crippen LogP contribution in [0.5, 0.6) is 5.75 Å². The molecule has 0 aliphatic rings. The molecule has 0 unspecified atom stereocenters. The topological polar surface area (TPSA) is 54.8 Å². The van der Waals surface area contributed by atoms with Gasteiger partial charge in [0.25, 0.3) is 0 Å². The molecule has 0 N–H and O–H groups in total. The van der Waals surface area contributed by atoms with Crippen LogP contribution in [-0.4, -0.2) is 52.3 Å². The van der Waals surface area contributed by atoms with Crippen molar-refractivity contribution < 1.29 is 14.3 Å². The van der Waals surface area contributed by atoms with Crippen molar-refractivity contribution in [2.24, 2.45) is 0 Å². The van der Waals surface area contributed by atoms with Crippen LogP contribution in [-0.2, 0) is 29.2 Å². The second kappa shape index (κ2) is 13.6. The molecule has 35 heavy (non-hydrogen) atoms. The van der Waals surface area contributed by atoms with Gasteiger partial charge in [-0.3, -0.25) is 9.59 Å². The number of carbonyl (C=O) groups is 2. The Balaban J connectivity index is 1.80. The van der Waals surface area contributed by atoms with Gasteiger partial charge in [-0.2, -0.15) is 0 Å². The fraction of sp³-hybridized carbons (Fsp3) is 0.357. The Hall–Kier alpha value is -3.25. The molecule has 3 aromatic rings. The van der Waals surface area contributed by atoms with Crippen LogP contribution in [0.2, 0.25) is 0 Å². The van der Waals surface area contributed by atoms with Crippen LogP contribution >= 0.6 is 11.6 Å². The fourth-order valence-corrected chi connectivity index (χ4v) is 4.10. The summed E-state index contributed by atoms with van der Waals surface area (Å²) in [5.41, 5.74) is 3.16. The normalized spacial score (nSPS) is 10.7. The van der Waals surface area contributed by atoms with Gasteiger partial charge in [0.15, 0.2) is 0 Å². The standard InChI is InChI=1S/C28H34ClN3O3/c1-3-4-15-31(27(33)18-29)22-28(34)32(19-23-10-6-5-7-11-23)21-25-13-9-16-30(25)20-24-12-8-14-26(17-24)35-2/h5-14,16-17H,3-4,15,18-22H2,1-2H3. The minimum Gasteiger partial charge on any atom is -0.497 e. The summed E-state index contributed by atoms with van der Waals surface area (Å²) in [6.07, 6.45) is 3.79. The lowest BCUT2D eigenvalue weighted by Gasteiger charge is -2.28. The quantitative estimate of drug-likeness (QED) is 0.315. The number of rotatable bonds is 13. The van der Waals surface area contributed by atoms with Gasteiger partial charge < -0.3 is 19.1 Å². The molecule has 1 heterocycles. The summed E-state index contributed by atoms with van der Waals surface area (Å²) < 4.78 is 7.49. The molecule has 7 heteroatoms. The van der Waals surface area contributed by atoms with Gasteiger partial charge in [-0.05, 0) is 41.8 Å². The van der Waals surface area contributed by atoms with E-state index in [1.165, 1.54) is 0 Å². The smallest absolute Gasteiger partial charge is 0.242 e. The lowest BCUT2D eigenvalue weighted by molar-refractivity contribution is -0.140. The summed E-state index contributed by atoms with van der Waals surface area (Å²) in [5.74, 6) is 0.374. The maximum absolute atomic E-state index is 13.5. The molecule has 0 saturated carbocycles. The van der Waals surface area contributed by atoms with Crippen LogP contribution in [0.15, 0.2) is 72.9 Å². The van der Waals surface area contributed by atoms with Gasteiger partial charge in [0, 0.05) is 31.5 Å². The van der Waals surface area contributed by atoms with E-state index in [1.54, 1.807) is 12.0 Å². The summed E-state index contributed by atoms with van der Waals surface area (Å²) in [5, 5.41) is 0. The summed E-state index contributed by atoms with van der Waals surface area (Å²) in [6, 6.07) is 21.9. The number of methoxy groups -OCH3 is 1. The van der Waals surface area contributed by atoms with E-state index in [0.717, 1.165) is 35.4 Å². The molecule has 2 aromatic carbocycles. The molecular formula is C28H34ClN3O3. The van der Waals surface area contributed by atoms with Crippen molar-refractivity contribution in [3.63, 3.8) is 0 Å². The number of ether oxygens (including phenoxy) is 1. The van der Waals surface area contributed by atoms with Crippen LogP contribution in [0.3, 0.4) is 0 Å². The maximum atomic E-state index is 13.5. The number of halogens is 1. The number of aromatic nitrogens is 1. The summed E-state index contributed by atoms with van der Waals surface area (Å²) in [4.78, 5) is 29.2. The predicted molar refractivity (Wildman–Crippen MR) is 139 cm³/mol. The van der Waals surface area contributed by atoms with Crippen LogP contribution in [0.1, 0.15) is 36.6 Å². The van der Waals surface area contributed by atoms with Crippen molar-refractivity contribution in [3.8, 4) is 5.75 Å². The molecule has 0 radical (unpaired) electrons. The Morgan fingerprint density at radius 2 is 1.69 bits per heavy atom. The molecule has 0 atom stereocenters. The van der Waals surface area contributed by atoms with Crippen LogP contribution in [0, 0.1) is 0 Å². The van der Waals surface area contributed by atoms with E-state index in [-0.39, 0.29) is 24.2 Å². The molecule has 0 spiro atoms. The van der Waals surface area contributed by atoms with Crippen molar-refractivity contribution in [1.82, 2.24) is 14.4 Å². The summed E-state index contributed by atoms with van der Waals surface area (Å²) in [6.45, 7) is 4.17. The van der Waals surface area contributed by atoms with Crippen molar-refractivity contribution in [2.75, 3.05) is 26.1 Å². The molecule has 0 saturated heterocycles. The first-order valence-electron chi connectivity index (χ1n) is 12.0. The largest absolute Gasteiger partial charge is 0.497 e. The first kappa shape index (κ1) is 26.4. The summed E-state index contributed by atoms with van der Waals surface area (Å²) in [7, 11) is 1.66. The van der Waals surface area contributed by atoms with Gasteiger partial charge in [0.05, 0.1) is 20.2 Å². The molecule has 0 bridgehead atoms. The fourth-order valence-electron chi connectivity index (χ4n) is 3.94. The lowest BCUT2D eigenvalue weighted by Crippen LogP contribution is -2.43. The number of benzene rings is 2. The highest BCUT2D eigenvalue weighted by atomic mass is 35.5. The second-order valence-electron chi connectivity index (χ2n) is 8.52. The first-order chi connectivity index (χ1) is 17.0. The van der Waals surface area contributed by atoms with Crippen LogP contribution in [0.25, 0.3) is 0 Å². The molecule has 0 fully saturated rings. The third kappa shape index (κ3) is 7.89. The Morgan fingerprint density at radius 1 is 0.914 bits per heavy atom. The average molecular weight is 496 g/mol. The molecule has 2 amide bonds. The number of unbranched alkanes of at least 4 members (excludes halogenated alkanes) is 1. The SMILES string of the molecule is CCCCN(CC(=O)N(Cc1ccccc1)Cc1cccn1Cc1cccc(OC)c1)C(=O)CCl. The van der Waals surface area contributed by atoms with Gasteiger partial charge in [0.1, 0.15) is 11.6 Å². The van der Waals surface area contributed by atoms with Gasteiger partial charge in [0.2, 0.25) is 11.8 Å². The Labute approximate surface area is 213 Å². The monoisotopic (exact) mass is 495 g/mol. The number of hydrogen-bond donors (Lipinski definition) is 0. The molecule has 0 aliphatic heterocycles. The van der Waals surface area contributed by atoms with Crippen molar-refractivity contribution in [3.05, 3.63) is 89.7 Å². The van der Waals surface area contributed by atoms with E-state index in [9.17, 15) is 9.59 Å². The van der Waals surface area contributed by atoms with Crippen molar-refractivity contribution >= 4 is 23.4 Å². The van der Waals surface area contributed by atoms with E-state index in [4.69, 9.17) is 16.3 Å². The average Bonchev–Trinajstić information content (AvgIpc) is 3.32. The molecular weight excluding hydrogens is 462 g/mol. The minimum absolute atomic E-state index is 0.0228.